The van der Waals surface area contributed by atoms with Crippen LogP contribution in [0.3, 0.4) is 0 Å². The molecular weight excluding hydrogens is 459 g/mol. The highest BCUT2D eigenvalue weighted by molar-refractivity contribution is 5.89. The van der Waals surface area contributed by atoms with E-state index in [9.17, 15) is 18.0 Å². The number of nitrogens with zero attached hydrogens (tertiary/aromatic N) is 2. The van der Waals surface area contributed by atoms with Gasteiger partial charge in [-0.3, -0.25) is 4.98 Å². The van der Waals surface area contributed by atoms with Crippen LogP contribution in [-0.2, 0) is 0 Å². The number of benzene rings is 2. The van der Waals surface area contributed by atoms with Gasteiger partial charge in [-0.05, 0) is 66.9 Å². The van der Waals surface area contributed by atoms with E-state index in [1.165, 1.54) is 17.7 Å². The molecular formula is C26H24F3N3O3. The highest BCUT2D eigenvalue weighted by Crippen LogP contribution is 2.27. The van der Waals surface area contributed by atoms with Crippen molar-refractivity contribution >= 4 is 17.8 Å². The van der Waals surface area contributed by atoms with Crippen LogP contribution in [0.5, 0.6) is 17.2 Å². The Bertz CT molecular complexity index is 1160. The van der Waals surface area contributed by atoms with Crippen LogP contribution in [0.2, 0.25) is 0 Å². The van der Waals surface area contributed by atoms with E-state index in [1.807, 2.05) is 18.2 Å². The topological polar surface area (TPSA) is 63.7 Å². The lowest BCUT2D eigenvalue weighted by atomic mass is 10.0. The van der Waals surface area contributed by atoms with Gasteiger partial charge in [0.2, 0.25) is 0 Å². The van der Waals surface area contributed by atoms with Gasteiger partial charge in [0.15, 0.2) is 6.61 Å². The summed E-state index contributed by atoms with van der Waals surface area (Å²) < 4.78 is 47.4. The third-order valence-electron chi connectivity index (χ3n) is 5.30. The van der Waals surface area contributed by atoms with Gasteiger partial charge in [0.1, 0.15) is 17.2 Å². The van der Waals surface area contributed by atoms with Crippen molar-refractivity contribution in [2.75, 3.05) is 25.0 Å². The molecule has 6 nitrogen and oxygen atoms in total. The molecule has 182 valence electrons. The van der Waals surface area contributed by atoms with Gasteiger partial charge in [-0.2, -0.15) is 13.2 Å². The van der Waals surface area contributed by atoms with Crippen LogP contribution in [0.15, 0.2) is 78.6 Å². The molecule has 3 aromatic rings. The quantitative estimate of drug-likeness (QED) is 0.433. The molecule has 1 aliphatic heterocycles. The zero-order valence-corrected chi connectivity index (χ0v) is 18.8. The first-order valence-electron chi connectivity index (χ1n) is 11.1. The van der Waals surface area contributed by atoms with Crippen molar-refractivity contribution in [3.05, 3.63) is 84.2 Å². The van der Waals surface area contributed by atoms with Crippen LogP contribution in [-0.4, -0.2) is 41.8 Å². The number of alkyl halides is 3. The van der Waals surface area contributed by atoms with Crippen molar-refractivity contribution in [3.63, 3.8) is 0 Å². The van der Waals surface area contributed by atoms with Gasteiger partial charge in [0.25, 0.3) is 0 Å². The number of nitrogens with one attached hydrogen (secondary N) is 1. The number of anilines is 1. The smallest absolute Gasteiger partial charge is 0.422 e. The fraction of sp³-hybridized carbons (Fsp3) is 0.231. The van der Waals surface area contributed by atoms with Crippen molar-refractivity contribution in [2.24, 2.45) is 0 Å². The summed E-state index contributed by atoms with van der Waals surface area (Å²) in [5, 5.41) is 2.85. The Morgan fingerprint density at radius 3 is 2.43 bits per heavy atom. The molecule has 2 heterocycles. The monoisotopic (exact) mass is 483 g/mol. The Balaban J connectivity index is 1.30. The summed E-state index contributed by atoms with van der Waals surface area (Å²) in [7, 11) is 0. The molecule has 0 aliphatic carbocycles. The average molecular weight is 483 g/mol. The van der Waals surface area contributed by atoms with Gasteiger partial charge < -0.3 is 19.7 Å². The molecule has 1 saturated heterocycles. The molecule has 1 aliphatic rings. The fourth-order valence-electron chi connectivity index (χ4n) is 3.59. The molecule has 4 rings (SSSR count). The first-order chi connectivity index (χ1) is 16.8. The van der Waals surface area contributed by atoms with Crippen LogP contribution in [0.1, 0.15) is 18.4 Å². The van der Waals surface area contributed by atoms with Gasteiger partial charge in [-0.1, -0.05) is 23.8 Å². The van der Waals surface area contributed by atoms with Crippen molar-refractivity contribution < 1.29 is 27.4 Å². The maximum absolute atomic E-state index is 12.4. The van der Waals surface area contributed by atoms with E-state index in [1.54, 1.807) is 47.6 Å². The summed E-state index contributed by atoms with van der Waals surface area (Å²) in [5.74, 6) is 1.22. The first-order valence-corrected chi connectivity index (χ1v) is 11.1. The second-order valence-electron chi connectivity index (χ2n) is 8.01. The summed E-state index contributed by atoms with van der Waals surface area (Å²) in [6.07, 6.45) is 2.51. The molecule has 0 unspecified atom stereocenters. The number of piperidine rings is 1. The van der Waals surface area contributed by atoms with Gasteiger partial charge in [-0.25, -0.2) is 4.79 Å². The van der Waals surface area contributed by atoms with E-state index in [0.717, 1.165) is 18.4 Å². The third kappa shape index (κ3) is 7.49. The Hall–Kier alpha value is -4.01. The molecule has 0 spiro atoms. The summed E-state index contributed by atoms with van der Waals surface area (Å²) in [6.45, 7) is -0.0926. The van der Waals surface area contributed by atoms with E-state index in [4.69, 9.17) is 9.47 Å². The van der Waals surface area contributed by atoms with Crippen molar-refractivity contribution in [1.29, 1.82) is 0 Å². The standard InChI is InChI=1S/C26H24F3N3O3/c27-26(28,29)18-34-22-6-8-23(9-7-22)35-24-5-1-3-20(16-24)15-19-10-13-32(14-11-19)25(33)31-21-4-2-12-30-17-21/h1-9,12,15-17H,10-11,13-14,18H2,(H,31,33). The highest BCUT2D eigenvalue weighted by atomic mass is 19.4. The Morgan fingerprint density at radius 2 is 1.74 bits per heavy atom. The zero-order chi connectivity index (χ0) is 24.7. The third-order valence-corrected chi connectivity index (χ3v) is 5.30. The number of aromatic nitrogens is 1. The van der Waals surface area contributed by atoms with E-state index in [0.29, 0.717) is 30.3 Å². The lowest BCUT2D eigenvalue weighted by Crippen LogP contribution is -2.39. The second kappa shape index (κ2) is 10.9. The zero-order valence-electron chi connectivity index (χ0n) is 18.8. The van der Waals surface area contributed by atoms with Gasteiger partial charge in [-0.15, -0.1) is 0 Å². The predicted molar refractivity (Wildman–Crippen MR) is 127 cm³/mol. The summed E-state index contributed by atoms with van der Waals surface area (Å²) in [6, 6.07) is 17.0. The molecule has 2 aromatic carbocycles. The van der Waals surface area contributed by atoms with Crippen LogP contribution in [0, 0.1) is 0 Å². The van der Waals surface area contributed by atoms with Gasteiger partial charge >= 0.3 is 12.2 Å². The number of rotatable bonds is 6. The molecule has 35 heavy (non-hydrogen) atoms. The van der Waals surface area contributed by atoms with E-state index >= 15 is 0 Å². The van der Waals surface area contributed by atoms with E-state index in [-0.39, 0.29) is 11.8 Å². The lowest BCUT2D eigenvalue weighted by Gasteiger charge is -2.28. The number of halogens is 3. The summed E-state index contributed by atoms with van der Waals surface area (Å²) in [5.41, 5.74) is 2.87. The van der Waals surface area contributed by atoms with Crippen molar-refractivity contribution in [2.45, 2.75) is 19.0 Å². The molecule has 2 amide bonds. The Morgan fingerprint density at radius 1 is 1.00 bits per heavy atom. The van der Waals surface area contributed by atoms with Crippen LogP contribution < -0.4 is 14.8 Å². The Labute approximate surface area is 201 Å². The number of hydrogen-bond acceptors (Lipinski definition) is 4. The molecule has 0 saturated carbocycles. The fourth-order valence-corrected chi connectivity index (χ4v) is 3.59. The number of hydrogen-bond donors (Lipinski definition) is 1. The average Bonchev–Trinajstić information content (AvgIpc) is 2.84. The van der Waals surface area contributed by atoms with Crippen LogP contribution >= 0.6 is 0 Å². The molecule has 1 aromatic heterocycles. The number of carbonyl (C=O) groups excluding carboxylic acids is 1. The van der Waals surface area contributed by atoms with Gasteiger partial charge in [0.05, 0.1) is 11.9 Å². The van der Waals surface area contributed by atoms with E-state index in [2.05, 4.69) is 16.4 Å². The second-order valence-corrected chi connectivity index (χ2v) is 8.01. The SMILES string of the molecule is O=C(Nc1cccnc1)N1CCC(=Cc2cccc(Oc3ccc(OCC(F)(F)F)cc3)c2)CC1. The lowest BCUT2D eigenvalue weighted by molar-refractivity contribution is -0.153. The minimum atomic E-state index is -4.38. The van der Waals surface area contributed by atoms with Crippen LogP contribution in [0.4, 0.5) is 23.7 Å². The van der Waals surface area contributed by atoms with Gasteiger partial charge in [0, 0.05) is 19.3 Å². The molecule has 0 bridgehead atoms. The summed E-state index contributed by atoms with van der Waals surface area (Å²) >= 11 is 0. The van der Waals surface area contributed by atoms with Crippen molar-refractivity contribution in [3.8, 4) is 17.2 Å². The van der Waals surface area contributed by atoms with Crippen molar-refractivity contribution in [1.82, 2.24) is 9.88 Å². The van der Waals surface area contributed by atoms with E-state index < -0.39 is 12.8 Å². The molecule has 0 radical (unpaired) electrons. The number of pyridine rings is 1. The molecule has 0 atom stereocenters. The number of likely N-dealkylation sites (tertiary alicyclic amines) is 1. The largest absolute Gasteiger partial charge is 0.484 e. The van der Waals surface area contributed by atoms with Crippen LogP contribution in [0.25, 0.3) is 6.08 Å². The Kier molecular flexibility index (Phi) is 7.54. The number of urea groups is 1. The minimum Gasteiger partial charge on any atom is -0.484 e. The number of carbonyl (C=O) groups is 1. The maximum Gasteiger partial charge on any atom is 0.422 e. The number of ether oxygens (including phenoxy) is 2. The molecule has 9 heteroatoms. The summed E-state index contributed by atoms with van der Waals surface area (Å²) in [4.78, 5) is 18.2. The molecule has 1 N–H and O–H groups in total. The molecule has 1 fully saturated rings. The maximum atomic E-state index is 12.4. The normalized spacial score (nSPS) is 13.8. The first kappa shape index (κ1) is 24.1. The number of amides is 2. The predicted octanol–water partition coefficient (Wildman–Crippen LogP) is 6.53. The minimum absolute atomic E-state index is 0.119. The highest BCUT2D eigenvalue weighted by Gasteiger charge is 2.28.